The molecule has 1 N–H and O–H groups in total. The summed E-state index contributed by atoms with van der Waals surface area (Å²) in [5.41, 5.74) is 4.72. The third-order valence-electron chi connectivity index (χ3n) is 5.41. The molecule has 1 aliphatic rings. The molecule has 7 nitrogen and oxygen atoms in total. The van der Waals surface area contributed by atoms with Gasteiger partial charge in [-0.15, -0.1) is 0 Å². The molecule has 1 saturated heterocycles. The molecule has 0 aliphatic carbocycles. The molecule has 1 aromatic carbocycles. The first-order chi connectivity index (χ1) is 14.9. The van der Waals surface area contributed by atoms with Crippen molar-refractivity contribution < 1.29 is 14.4 Å². The van der Waals surface area contributed by atoms with E-state index >= 15 is 0 Å². The summed E-state index contributed by atoms with van der Waals surface area (Å²) in [5.74, 6) is -1.34. The van der Waals surface area contributed by atoms with Gasteiger partial charge < -0.3 is 4.57 Å². The lowest BCUT2D eigenvalue weighted by Crippen LogP contribution is -2.54. The second-order valence-electron chi connectivity index (χ2n) is 7.31. The average molecular weight is 414 g/mol. The topological polar surface area (TPSA) is 84.3 Å². The molecule has 4 amide bonds. The molecule has 31 heavy (non-hydrogen) atoms. The monoisotopic (exact) mass is 414 g/mol. The number of imide groups is 2. The van der Waals surface area contributed by atoms with E-state index in [4.69, 9.17) is 0 Å². The van der Waals surface area contributed by atoms with E-state index in [1.54, 1.807) is 30.6 Å². The Morgan fingerprint density at radius 3 is 2.45 bits per heavy atom. The first-order valence-electron chi connectivity index (χ1n) is 10.0. The van der Waals surface area contributed by atoms with Crippen molar-refractivity contribution >= 4 is 29.6 Å². The standard InChI is InChI=1S/C24H22N4O3/c1-4-17-7-5-6-8-21(17)28-23(30)20(22(29)26-24(28)31)14-18-13-15(2)27(16(18)3)19-9-11-25-12-10-19/h5-14H,4H2,1-3H3,(H,26,29,31). The molecule has 3 aromatic rings. The zero-order valence-corrected chi connectivity index (χ0v) is 17.5. The SMILES string of the molecule is CCc1ccccc1N1C(=O)NC(=O)C(=Cc2cc(C)n(-c3ccncc3)c2C)C1=O. The van der Waals surface area contributed by atoms with Crippen LogP contribution in [0.3, 0.4) is 0 Å². The summed E-state index contributed by atoms with van der Waals surface area (Å²) in [6.07, 6.45) is 5.61. The van der Waals surface area contributed by atoms with Gasteiger partial charge in [-0.25, -0.2) is 9.69 Å². The van der Waals surface area contributed by atoms with Crippen molar-refractivity contribution in [3.63, 3.8) is 0 Å². The summed E-state index contributed by atoms with van der Waals surface area (Å²) in [6.45, 7) is 5.81. The molecular weight excluding hydrogens is 392 g/mol. The van der Waals surface area contributed by atoms with Crippen molar-refractivity contribution in [2.75, 3.05) is 4.90 Å². The maximum Gasteiger partial charge on any atom is 0.335 e. The molecule has 1 fully saturated rings. The molecule has 0 bridgehead atoms. The fourth-order valence-electron chi connectivity index (χ4n) is 3.88. The number of rotatable bonds is 4. The lowest BCUT2D eigenvalue weighted by Gasteiger charge is -2.27. The second kappa shape index (κ2) is 8.02. The smallest absolute Gasteiger partial charge is 0.318 e. The van der Waals surface area contributed by atoms with Gasteiger partial charge in [0.1, 0.15) is 5.57 Å². The van der Waals surface area contributed by atoms with Crippen LogP contribution in [-0.2, 0) is 16.0 Å². The molecule has 4 rings (SSSR count). The lowest BCUT2D eigenvalue weighted by molar-refractivity contribution is -0.122. The van der Waals surface area contributed by atoms with Crippen LogP contribution in [0.5, 0.6) is 0 Å². The molecule has 1 aliphatic heterocycles. The summed E-state index contributed by atoms with van der Waals surface area (Å²) in [7, 11) is 0. The largest absolute Gasteiger partial charge is 0.335 e. The Kier molecular flexibility index (Phi) is 5.25. The average Bonchev–Trinajstić information content (AvgIpc) is 3.04. The van der Waals surface area contributed by atoms with E-state index in [2.05, 4.69) is 10.3 Å². The van der Waals surface area contributed by atoms with Crippen LogP contribution in [0.25, 0.3) is 11.8 Å². The molecule has 7 heteroatoms. The van der Waals surface area contributed by atoms with Gasteiger partial charge in [-0.3, -0.25) is 19.9 Å². The molecule has 0 unspecified atom stereocenters. The molecule has 156 valence electrons. The van der Waals surface area contributed by atoms with Crippen molar-refractivity contribution in [1.29, 1.82) is 0 Å². The van der Waals surface area contributed by atoms with Gasteiger partial charge in [0.15, 0.2) is 0 Å². The van der Waals surface area contributed by atoms with Gasteiger partial charge in [0, 0.05) is 29.5 Å². The number of aromatic nitrogens is 2. The summed E-state index contributed by atoms with van der Waals surface area (Å²) < 4.78 is 2.02. The van der Waals surface area contributed by atoms with E-state index in [9.17, 15) is 14.4 Å². The Labute approximate surface area is 180 Å². The number of nitrogens with one attached hydrogen (secondary N) is 1. The Balaban J connectivity index is 1.78. The van der Waals surface area contributed by atoms with Crippen molar-refractivity contribution in [2.24, 2.45) is 0 Å². The van der Waals surface area contributed by atoms with Crippen LogP contribution >= 0.6 is 0 Å². The molecule has 0 radical (unpaired) electrons. The number of carbonyl (C=O) groups excluding carboxylic acids is 3. The number of aryl methyl sites for hydroxylation is 2. The number of para-hydroxylation sites is 1. The van der Waals surface area contributed by atoms with E-state index in [1.165, 1.54) is 0 Å². The normalized spacial score (nSPS) is 15.5. The number of hydrogen-bond donors (Lipinski definition) is 1. The van der Waals surface area contributed by atoms with Crippen molar-refractivity contribution in [2.45, 2.75) is 27.2 Å². The van der Waals surface area contributed by atoms with Crippen molar-refractivity contribution in [1.82, 2.24) is 14.9 Å². The van der Waals surface area contributed by atoms with Crippen LogP contribution in [0.1, 0.15) is 29.4 Å². The van der Waals surface area contributed by atoms with E-state index in [0.717, 1.165) is 33.1 Å². The molecule has 3 heterocycles. The third-order valence-corrected chi connectivity index (χ3v) is 5.41. The number of urea groups is 1. The highest BCUT2D eigenvalue weighted by molar-refractivity contribution is 6.39. The predicted octanol–water partition coefficient (Wildman–Crippen LogP) is 3.72. The van der Waals surface area contributed by atoms with Gasteiger partial charge in [-0.05, 0) is 61.7 Å². The van der Waals surface area contributed by atoms with E-state index in [0.29, 0.717) is 12.1 Å². The minimum Gasteiger partial charge on any atom is -0.318 e. The number of amides is 4. The van der Waals surface area contributed by atoms with Crippen molar-refractivity contribution in [3.05, 3.63) is 82.9 Å². The van der Waals surface area contributed by atoms with Crippen LogP contribution < -0.4 is 10.2 Å². The maximum absolute atomic E-state index is 13.3. The van der Waals surface area contributed by atoms with Crippen LogP contribution in [0.15, 0.2) is 60.4 Å². The van der Waals surface area contributed by atoms with Gasteiger partial charge in [0.2, 0.25) is 0 Å². The highest BCUT2D eigenvalue weighted by Crippen LogP contribution is 2.27. The Hall–Kier alpha value is -4.00. The molecule has 0 spiro atoms. The number of benzene rings is 1. The number of anilines is 1. The van der Waals surface area contributed by atoms with Gasteiger partial charge in [-0.2, -0.15) is 0 Å². The minimum absolute atomic E-state index is 0.0829. The van der Waals surface area contributed by atoms with E-state index < -0.39 is 17.8 Å². The van der Waals surface area contributed by atoms with Crippen LogP contribution in [-0.4, -0.2) is 27.4 Å². The van der Waals surface area contributed by atoms with Gasteiger partial charge >= 0.3 is 6.03 Å². The second-order valence-corrected chi connectivity index (χ2v) is 7.31. The zero-order valence-electron chi connectivity index (χ0n) is 17.5. The Bertz CT molecular complexity index is 1220. The summed E-state index contributed by atoms with van der Waals surface area (Å²) in [5, 5.41) is 2.30. The molecule has 2 aromatic heterocycles. The summed E-state index contributed by atoms with van der Waals surface area (Å²) in [4.78, 5) is 43.4. The highest BCUT2D eigenvalue weighted by atomic mass is 16.2. The van der Waals surface area contributed by atoms with Crippen LogP contribution in [0, 0.1) is 13.8 Å². The Morgan fingerprint density at radius 1 is 1.03 bits per heavy atom. The first-order valence-corrected chi connectivity index (χ1v) is 10.0. The molecule has 0 atom stereocenters. The quantitative estimate of drug-likeness (QED) is 0.521. The van der Waals surface area contributed by atoms with Gasteiger partial charge in [-0.1, -0.05) is 25.1 Å². The Morgan fingerprint density at radius 2 is 1.74 bits per heavy atom. The molecule has 0 saturated carbocycles. The fraction of sp³-hybridized carbons (Fsp3) is 0.167. The molecular formula is C24H22N4O3. The third kappa shape index (κ3) is 3.54. The number of hydrogen-bond acceptors (Lipinski definition) is 4. The lowest BCUT2D eigenvalue weighted by atomic mass is 10.0. The van der Waals surface area contributed by atoms with Gasteiger partial charge in [0.25, 0.3) is 11.8 Å². The van der Waals surface area contributed by atoms with E-state index in [1.807, 2.05) is 55.7 Å². The maximum atomic E-state index is 13.3. The summed E-state index contributed by atoms with van der Waals surface area (Å²) >= 11 is 0. The minimum atomic E-state index is -0.740. The number of carbonyl (C=O) groups is 3. The van der Waals surface area contributed by atoms with Gasteiger partial charge in [0.05, 0.1) is 5.69 Å². The fourth-order valence-corrected chi connectivity index (χ4v) is 3.88. The van der Waals surface area contributed by atoms with Crippen LogP contribution in [0.4, 0.5) is 10.5 Å². The number of barbiturate groups is 1. The first kappa shape index (κ1) is 20.3. The number of nitrogens with zero attached hydrogens (tertiary/aromatic N) is 3. The van der Waals surface area contributed by atoms with E-state index in [-0.39, 0.29) is 5.57 Å². The summed E-state index contributed by atoms with van der Waals surface area (Å²) in [6, 6.07) is 12.1. The number of pyridine rings is 1. The highest BCUT2D eigenvalue weighted by Gasteiger charge is 2.37. The zero-order chi connectivity index (χ0) is 22.1. The van der Waals surface area contributed by atoms with Crippen molar-refractivity contribution in [3.8, 4) is 5.69 Å². The van der Waals surface area contributed by atoms with Crippen LogP contribution in [0.2, 0.25) is 0 Å². The predicted molar refractivity (Wildman–Crippen MR) is 118 cm³/mol.